The van der Waals surface area contributed by atoms with Gasteiger partial charge in [-0.1, -0.05) is 11.6 Å². The van der Waals surface area contributed by atoms with Gasteiger partial charge < -0.3 is 15.3 Å². The number of anilines is 2. The number of hydrogen-bond donors (Lipinski definition) is 2. The van der Waals surface area contributed by atoms with Crippen molar-refractivity contribution < 1.29 is 9.32 Å². The molecule has 10 heteroatoms. The lowest BCUT2D eigenvalue weighted by molar-refractivity contribution is 0.143. The van der Waals surface area contributed by atoms with Gasteiger partial charge in [-0.25, -0.2) is 15.0 Å². The Morgan fingerprint density at radius 2 is 1.85 bits per heavy atom. The van der Waals surface area contributed by atoms with Crippen molar-refractivity contribution in [3.63, 3.8) is 0 Å². The molecule has 3 unspecified atom stereocenters. The van der Waals surface area contributed by atoms with Gasteiger partial charge in [-0.15, -0.1) is 0 Å². The Bertz CT molecular complexity index is 1120. The SMILES string of the molecule is CC1(C)Cc2nc(N3CC4CC(c5ncc(Cl)cn5)CC4C3)nc(NC3(CO)CCC3)c2S1=O. The second-order valence-corrected chi connectivity index (χ2v) is 13.6. The van der Waals surface area contributed by atoms with Crippen molar-refractivity contribution in [1.29, 1.82) is 0 Å². The summed E-state index contributed by atoms with van der Waals surface area (Å²) in [6.45, 7) is 5.92. The number of nitrogens with zero attached hydrogens (tertiary/aromatic N) is 5. The van der Waals surface area contributed by atoms with E-state index in [1.54, 1.807) is 12.4 Å². The topological polar surface area (TPSA) is 104 Å². The first kappa shape index (κ1) is 22.6. The van der Waals surface area contributed by atoms with Crippen LogP contribution in [0.1, 0.15) is 63.4 Å². The molecule has 2 N–H and O–H groups in total. The molecule has 0 amide bonds. The highest BCUT2D eigenvalue weighted by atomic mass is 35.5. The number of nitrogens with one attached hydrogen (secondary N) is 1. The van der Waals surface area contributed by atoms with Crippen molar-refractivity contribution in [3.05, 3.63) is 28.9 Å². The number of rotatable bonds is 5. The van der Waals surface area contributed by atoms with Crippen LogP contribution in [0.25, 0.3) is 0 Å². The molecule has 2 aromatic heterocycles. The molecular formula is C24H31ClN6O2S. The minimum absolute atomic E-state index is 0.0547. The number of aromatic nitrogens is 4. The van der Waals surface area contributed by atoms with Crippen LogP contribution in [0, 0.1) is 11.8 Å². The standard InChI is InChI=1S/C24H31ClN6O2S/c1-23(2)8-18-19(34(23)33)21(30-24(13-32)4-3-5-24)29-22(28-18)31-11-15-6-14(7-16(15)12-31)20-26-9-17(25)10-27-20/h9-10,14-16,32H,3-8,11-13H2,1-2H3,(H,28,29,30). The summed E-state index contributed by atoms with van der Waals surface area (Å²) in [5.41, 5.74) is 0.525. The van der Waals surface area contributed by atoms with E-state index >= 15 is 0 Å². The Labute approximate surface area is 207 Å². The quantitative estimate of drug-likeness (QED) is 0.641. The summed E-state index contributed by atoms with van der Waals surface area (Å²) >= 11 is 5.96. The molecule has 0 bridgehead atoms. The van der Waals surface area contributed by atoms with Crippen LogP contribution in [0.5, 0.6) is 0 Å². The van der Waals surface area contributed by atoms with Crippen LogP contribution in [0.2, 0.25) is 5.02 Å². The van der Waals surface area contributed by atoms with Gasteiger partial charge in [-0.3, -0.25) is 4.21 Å². The van der Waals surface area contributed by atoms with Crippen molar-refractivity contribution in [2.75, 3.05) is 29.9 Å². The second kappa shape index (κ2) is 8.10. The molecule has 2 aliphatic heterocycles. The molecule has 6 rings (SSSR count). The van der Waals surface area contributed by atoms with E-state index in [0.29, 0.717) is 35.0 Å². The summed E-state index contributed by atoms with van der Waals surface area (Å²) in [5, 5.41) is 14.1. The van der Waals surface area contributed by atoms with Crippen LogP contribution in [-0.2, 0) is 17.2 Å². The average Bonchev–Trinajstić information content (AvgIpc) is 3.41. The van der Waals surface area contributed by atoms with E-state index in [4.69, 9.17) is 21.6 Å². The average molecular weight is 503 g/mol. The highest BCUT2D eigenvalue weighted by molar-refractivity contribution is 7.87. The minimum atomic E-state index is -1.19. The summed E-state index contributed by atoms with van der Waals surface area (Å²) in [7, 11) is -1.19. The number of aliphatic hydroxyl groups is 1. The van der Waals surface area contributed by atoms with E-state index in [0.717, 1.165) is 67.6 Å². The zero-order chi connectivity index (χ0) is 23.7. The molecule has 1 saturated heterocycles. The fourth-order valence-electron chi connectivity index (χ4n) is 6.15. The van der Waals surface area contributed by atoms with E-state index in [2.05, 4.69) is 20.2 Å². The number of halogens is 1. The fraction of sp³-hybridized carbons (Fsp3) is 0.667. The van der Waals surface area contributed by atoms with Gasteiger partial charge in [0.15, 0.2) is 0 Å². The van der Waals surface area contributed by atoms with Crippen LogP contribution >= 0.6 is 11.6 Å². The maximum absolute atomic E-state index is 13.3. The number of fused-ring (bicyclic) bond motifs is 2. The molecule has 34 heavy (non-hydrogen) atoms. The summed E-state index contributed by atoms with van der Waals surface area (Å²) in [5.74, 6) is 3.75. The molecule has 2 aromatic rings. The Morgan fingerprint density at radius 3 is 2.44 bits per heavy atom. The Morgan fingerprint density at radius 1 is 1.18 bits per heavy atom. The summed E-state index contributed by atoms with van der Waals surface area (Å²) in [4.78, 5) is 21.8. The van der Waals surface area contributed by atoms with Gasteiger partial charge in [0.2, 0.25) is 5.95 Å². The molecular weight excluding hydrogens is 472 g/mol. The maximum Gasteiger partial charge on any atom is 0.227 e. The number of aliphatic hydroxyl groups excluding tert-OH is 1. The molecule has 0 spiro atoms. The molecule has 2 saturated carbocycles. The lowest BCUT2D eigenvalue weighted by Gasteiger charge is -2.41. The zero-order valence-electron chi connectivity index (χ0n) is 19.6. The van der Waals surface area contributed by atoms with Gasteiger partial charge in [0.1, 0.15) is 16.5 Å². The third kappa shape index (κ3) is 3.71. The third-order valence-corrected chi connectivity index (χ3v) is 10.4. The smallest absolute Gasteiger partial charge is 0.227 e. The van der Waals surface area contributed by atoms with E-state index in [1.165, 1.54) is 0 Å². The van der Waals surface area contributed by atoms with E-state index < -0.39 is 10.8 Å². The van der Waals surface area contributed by atoms with Gasteiger partial charge in [-0.05, 0) is 57.8 Å². The normalized spacial score (nSPS) is 30.6. The first-order valence-corrected chi connectivity index (χ1v) is 13.7. The van der Waals surface area contributed by atoms with Crippen molar-refractivity contribution in [2.24, 2.45) is 11.8 Å². The molecule has 4 heterocycles. The van der Waals surface area contributed by atoms with E-state index in [-0.39, 0.29) is 16.9 Å². The van der Waals surface area contributed by atoms with Crippen molar-refractivity contribution in [1.82, 2.24) is 19.9 Å². The van der Waals surface area contributed by atoms with Gasteiger partial charge in [-0.2, -0.15) is 4.98 Å². The van der Waals surface area contributed by atoms with Crippen molar-refractivity contribution in [3.8, 4) is 0 Å². The Balaban J connectivity index is 1.25. The fourth-order valence-corrected chi connectivity index (χ4v) is 7.68. The third-order valence-electron chi connectivity index (χ3n) is 8.24. The first-order chi connectivity index (χ1) is 16.3. The maximum atomic E-state index is 13.3. The van der Waals surface area contributed by atoms with Gasteiger partial charge in [0.05, 0.1) is 38.4 Å². The lowest BCUT2D eigenvalue weighted by Crippen LogP contribution is -2.48. The minimum Gasteiger partial charge on any atom is -0.394 e. The molecule has 182 valence electrons. The second-order valence-electron chi connectivity index (χ2n) is 11.1. The molecule has 3 fully saturated rings. The highest BCUT2D eigenvalue weighted by Crippen LogP contribution is 2.47. The lowest BCUT2D eigenvalue weighted by atomic mass is 9.77. The molecule has 8 nitrogen and oxygen atoms in total. The van der Waals surface area contributed by atoms with Crippen LogP contribution in [0.3, 0.4) is 0 Å². The first-order valence-electron chi connectivity index (χ1n) is 12.2. The van der Waals surface area contributed by atoms with Crippen LogP contribution in [0.15, 0.2) is 17.3 Å². The Hall–Kier alpha value is -1.84. The van der Waals surface area contributed by atoms with Crippen LogP contribution < -0.4 is 10.2 Å². The van der Waals surface area contributed by atoms with Gasteiger partial charge in [0, 0.05) is 37.8 Å². The summed E-state index contributed by atoms with van der Waals surface area (Å²) in [6, 6.07) is 0. The van der Waals surface area contributed by atoms with Gasteiger partial charge >= 0.3 is 0 Å². The van der Waals surface area contributed by atoms with Crippen LogP contribution in [0.4, 0.5) is 11.8 Å². The zero-order valence-corrected chi connectivity index (χ0v) is 21.2. The predicted molar refractivity (Wildman–Crippen MR) is 132 cm³/mol. The Kier molecular flexibility index (Phi) is 5.39. The number of hydrogen-bond acceptors (Lipinski definition) is 8. The molecule has 0 aromatic carbocycles. The molecule has 2 aliphatic carbocycles. The molecule has 3 atom stereocenters. The van der Waals surface area contributed by atoms with Gasteiger partial charge in [0.25, 0.3) is 0 Å². The van der Waals surface area contributed by atoms with E-state index in [9.17, 15) is 9.32 Å². The molecule has 0 radical (unpaired) electrons. The van der Waals surface area contributed by atoms with E-state index in [1.807, 2.05) is 13.8 Å². The molecule has 4 aliphatic rings. The largest absolute Gasteiger partial charge is 0.394 e. The van der Waals surface area contributed by atoms with Crippen molar-refractivity contribution >= 4 is 34.2 Å². The monoisotopic (exact) mass is 502 g/mol. The van der Waals surface area contributed by atoms with Crippen molar-refractivity contribution in [2.45, 2.75) is 73.5 Å². The summed E-state index contributed by atoms with van der Waals surface area (Å²) in [6.07, 6.45) is 9.03. The highest BCUT2D eigenvalue weighted by Gasteiger charge is 2.46. The summed E-state index contributed by atoms with van der Waals surface area (Å²) < 4.78 is 12.9. The van der Waals surface area contributed by atoms with Crippen LogP contribution in [-0.4, -0.2) is 59.2 Å². The predicted octanol–water partition coefficient (Wildman–Crippen LogP) is 3.32.